The summed E-state index contributed by atoms with van der Waals surface area (Å²) in [7, 11) is 0. The Morgan fingerprint density at radius 2 is 2.14 bits per heavy atom. The molecule has 14 heavy (non-hydrogen) atoms. The Bertz CT molecular complexity index is 559. The first-order valence-corrected chi connectivity index (χ1v) is 5.29. The lowest BCUT2D eigenvalue weighted by Crippen LogP contribution is -2.34. The Labute approximate surface area is 85.0 Å². The Morgan fingerprint density at radius 3 is 3.07 bits per heavy atom. The van der Waals surface area contributed by atoms with E-state index in [9.17, 15) is 4.79 Å². The van der Waals surface area contributed by atoms with Crippen LogP contribution in [-0.4, -0.2) is 5.91 Å². The third-order valence-corrected chi connectivity index (χ3v) is 3.44. The highest BCUT2D eigenvalue weighted by atomic mass is 32.2. The molecule has 0 radical (unpaired) electrons. The normalized spacial score (nSPS) is 23.0. The van der Waals surface area contributed by atoms with Crippen molar-refractivity contribution in [2.24, 2.45) is 10.9 Å². The van der Waals surface area contributed by atoms with Gasteiger partial charge in [0, 0.05) is 10.1 Å². The number of hydrogen-bond donors (Lipinski definition) is 0. The molecule has 0 bridgehead atoms. The Morgan fingerprint density at radius 1 is 1.29 bits per heavy atom. The van der Waals surface area contributed by atoms with Gasteiger partial charge in [0.1, 0.15) is 0 Å². The van der Waals surface area contributed by atoms with Gasteiger partial charge in [-0.15, -0.1) is 11.8 Å². The van der Waals surface area contributed by atoms with E-state index in [1.54, 1.807) is 11.8 Å². The van der Waals surface area contributed by atoms with Gasteiger partial charge in [-0.2, -0.15) is 0 Å². The van der Waals surface area contributed by atoms with E-state index in [2.05, 4.69) is 4.99 Å². The first-order valence-electron chi connectivity index (χ1n) is 4.41. The van der Waals surface area contributed by atoms with E-state index < -0.39 is 0 Å². The fourth-order valence-corrected chi connectivity index (χ4v) is 2.75. The number of carbonyl (C=O) groups is 1. The molecule has 0 fully saturated rings. The molecule has 0 saturated heterocycles. The number of benzene rings is 1. The highest BCUT2D eigenvalue weighted by molar-refractivity contribution is 8.10. The summed E-state index contributed by atoms with van der Waals surface area (Å²) in [6, 6.07) is 7.79. The molecule has 0 aromatic heterocycles. The second-order valence-corrected chi connectivity index (χ2v) is 4.20. The molecule has 1 aromatic rings. The van der Waals surface area contributed by atoms with Gasteiger partial charge in [-0.3, -0.25) is 4.79 Å². The van der Waals surface area contributed by atoms with E-state index in [0.29, 0.717) is 0 Å². The first-order chi connectivity index (χ1) is 6.86. The van der Waals surface area contributed by atoms with Crippen LogP contribution in [0.2, 0.25) is 0 Å². The van der Waals surface area contributed by atoms with Crippen molar-refractivity contribution >= 4 is 22.6 Å². The number of para-hydroxylation sites is 1. The molecular formula is C11H7NOS. The number of fused-ring (bicyclic) bond motifs is 2. The highest BCUT2D eigenvalue weighted by Crippen LogP contribution is 2.35. The molecule has 0 spiro atoms. The Balaban J connectivity index is 2.45. The molecule has 2 heterocycles. The van der Waals surface area contributed by atoms with Crippen LogP contribution in [0.25, 0.3) is 4.91 Å². The molecule has 2 aliphatic heterocycles. The van der Waals surface area contributed by atoms with Crippen molar-refractivity contribution in [2.45, 2.75) is 0 Å². The SMILES string of the molecule is O=C1N=c2ccccc2=C2SC=CC12. The van der Waals surface area contributed by atoms with Crippen LogP contribution in [0.15, 0.2) is 40.7 Å². The van der Waals surface area contributed by atoms with Crippen molar-refractivity contribution in [1.29, 1.82) is 0 Å². The molecule has 1 amide bonds. The molecule has 0 saturated carbocycles. The molecule has 2 nitrogen and oxygen atoms in total. The van der Waals surface area contributed by atoms with Crippen LogP contribution in [0.1, 0.15) is 0 Å². The summed E-state index contributed by atoms with van der Waals surface area (Å²) >= 11 is 1.63. The van der Waals surface area contributed by atoms with E-state index in [0.717, 1.165) is 15.5 Å². The molecule has 1 unspecified atom stereocenters. The number of carbonyl (C=O) groups excluding carboxylic acids is 1. The van der Waals surface area contributed by atoms with E-state index >= 15 is 0 Å². The quantitative estimate of drug-likeness (QED) is 0.622. The zero-order chi connectivity index (χ0) is 9.54. The first kappa shape index (κ1) is 8.00. The number of rotatable bonds is 0. The van der Waals surface area contributed by atoms with Gasteiger partial charge in [-0.05, 0) is 11.5 Å². The van der Waals surface area contributed by atoms with Crippen LogP contribution >= 0.6 is 11.8 Å². The zero-order valence-electron chi connectivity index (χ0n) is 7.31. The van der Waals surface area contributed by atoms with E-state index in [1.165, 1.54) is 0 Å². The average molecular weight is 201 g/mol. The fourth-order valence-electron chi connectivity index (χ4n) is 1.75. The van der Waals surface area contributed by atoms with Crippen molar-refractivity contribution in [3.63, 3.8) is 0 Å². The standard InChI is InChI=1S/C11H7NOS/c13-11-8-5-6-14-10(8)7-3-1-2-4-9(7)12-11/h1-6,8H. The summed E-state index contributed by atoms with van der Waals surface area (Å²) < 4.78 is 0. The molecule has 3 heteroatoms. The maximum absolute atomic E-state index is 11.6. The second-order valence-electron chi connectivity index (χ2n) is 3.26. The maximum atomic E-state index is 11.6. The molecule has 68 valence electrons. The lowest BCUT2D eigenvalue weighted by atomic mass is 10.0. The third-order valence-electron chi connectivity index (χ3n) is 2.41. The molecule has 1 aromatic carbocycles. The monoisotopic (exact) mass is 201 g/mol. The molecule has 1 atom stereocenters. The van der Waals surface area contributed by atoms with Gasteiger partial charge in [0.15, 0.2) is 0 Å². The van der Waals surface area contributed by atoms with Crippen LogP contribution in [0, 0.1) is 5.92 Å². The van der Waals surface area contributed by atoms with Crippen LogP contribution in [-0.2, 0) is 4.79 Å². The number of thioether (sulfide) groups is 1. The number of hydrogen-bond acceptors (Lipinski definition) is 2. The van der Waals surface area contributed by atoms with Crippen molar-refractivity contribution in [3.05, 3.63) is 46.3 Å². The van der Waals surface area contributed by atoms with Crippen LogP contribution in [0.5, 0.6) is 0 Å². The van der Waals surface area contributed by atoms with Crippen LogP contribution < -0.4 is 10.6 Å². The minimum absolute atomic E-state index is 0.0417. The van der Waals surface area contributed by atoms with Crippen molar-refractivity contribution in [3.8, 4) is 0 Å². The van der Waals surface area contributed by atoms with E-state index in [1.807, 2.05) is 35.7 Å². The predicted molar refractivity (Wildman–Crippen MR) is 55.9 cm³/mol. The Hall–Kier alpha value is -1.35. The van der Waals surface area contributed by atoms with Gasteiger partial charge >= 0.3 is 0 Å². The van der Waals surface area contributed by atoms with Gasteiger partial charge in [-0.25, -0.2) is 4.99 Å². The van der Waals surface area contributed by atoms with Gasteiger partial charge in [0.25, 0.3) is 5.91 Å². The summed E-state index contributed by atoms with van der Waals surface area (Å²) in [5, 5.41) is 3.88. The maximum Gasteiger partial charge on any atom is 0.258 e. The molecule has 0 N–H and O–H groups in total. The topological polar surface area (TPSA) is 29.4 Å². The third kappa shape index (κ3) is 0.990. The average Bonchev–Trinajstić information content (AvgIpc) is 2.67. The summed E-state index contributed by atoms with van der Waals surface area (Å²) in [5.41, 5.74) is 0. The largest absolute Gasteiger partial charge is 0.271 e. The summed E-state index contributed by atoms with van der Waals surface area (Å²) in [5.74, 6) is -0.158. The summed E-state index contributed by atoms with van der Waals surface area (Å²) in [6.07, 6.45) is 1.92. The minimum atomic E-state index is -0.116. The van der Waals surface area contributed by atoms with Crippen molar-refractivity contribution in [2.75, 3.05) is 0 Å². The zero-order valence-corrected chi connectivity index (χ0v) is 8.12. The van der Waals surface area contributed by atoms with Gasteiger partial charge in [0.05, 0.1) is 11.3 Å². The Kier molecular flexibility index (Phi) is 1.61. The van der Waals surface area contributed by atoms with Gasteiger partial charge < -0.3 is 0 Å². The van der Waals surface area contributed by atoms with E-state index in [-0.39, 0.29) is 11.8 Å². The molecular weight excluding hydrogens is 194 g/mol. The fraction of sp³-hybridized carbons (Fsp3) is 0.0909. The predicted octanol–water partition coefficient (Wildman–Crippen LogP) is 0.831. The van der Waals surface area contributed by atoms with Crippen molar-refractivity contribution in [1.82, 2.24) is 0 Å². The van der Waals surface area contributed by atoms with E-state index in [4.69, 9.17) is 0 Å². The number of amides is 1. The molecule has 3 rings (SSSR count). The van der Waals surface area contributed by atoms with Crippen molar-refractivity contribution < 1.29 is 4.79 Å². The van der Waals surface area contributed by atoms with Crippen LogP contribution in [0.3, 0.4) is 0 Å². The summed E-state index contributed by atoms with van der Waals surface area (Å²) in [6.45, 7) is 0. The smallest absolute Gasteiger partial charge is 0.258 e. The molecule has 0 aliphatic carbocycles. The summed E-state index contributed by atoms with van der Waals surface area (Å²) in [4.78, 5) is 16.8. The minimum Gasteiger partial charge on any atom is -0.271 e. The van der Waals surface area contributed by atoms with Crippen LogP contribution in [0.4, 0.5) is 0 Å². The molecule has 2 aliphatic rings. The highest BCUT2D eigenvalue weighted by Gasteiger charge is 2.27. The van der Waals surface area contributed by atoms with Gasteiger partial charge in [-0.1, -0.05) is 24.3 Å². The van der Waals surface area contributed by atoms with Gasteiger partial charge in [0.2, 0.25) is 0 Å². The number of nitrogens with zero attached hydrogens (tertiary/aromatic N) is 1. The lowest BCUT2D eigenvalue weighted by molar-refractivity contribution is -0.119. The lowest BCUT2D eigenvalue weighted by Gasteiger charge is -2.10. The second kappa shape index (κ2) is 2.82.